The largest absolute Gasteiger partial charge is 0.468 e. The Balaban J connectivity index is 3.46. The third kappa shape index (κ3) is 2.52. The maximum atomic E-state index is 10.4. The van der Waals surface area contributed by atoms with Crippen molar-refractivity contribution in [2.45, 2.75) is 4.83 Å². The van der Waals surface area contributed by atoms with Gasteiger partial charge in [-0.2, -0.15) is 0 Å². The van der Waals surface area contributed by atoms with Crippen molar-refractivity contribution in [1.29, 1.82) is 0 Å². The SMILES string of the molecule is COC(=O)[C@H](Br)CCl. The number of carbonyl (C=O) groups is 1. The van der Waals surface area contributed by atoms with Crippen LogP contribution in [0.15, 0.2) is 0 Å². The number of ether oxygens (including phenoxy) is 1. The van der Waals surface area contributed by atoms with Gasteiger partial charge in [0.1, 0.15) is 4.83 Å². The van der Waals surface area contributed by atoms with E-state index in [4.69, 9.17) is 11.6 Å². The number of methoxy groups -OCH3 is 1. The van der Waals surface area contributed by atoms with Crippen LogP contribution in [-0.2, 0) is 9.53 Å². The first-order chi connectivity index (χ1) is 3.72. The lowest BCUT2D eigenvalue weighted by atomic mass is 10.5. The molecule has 0 bridgehead atoms. The molecule has 48 valence electrons. The van der Waals surface area contributed by atoms with Crippen LogP contribution in [0.5, 0.6) is 0 Å². The van der Waals surface area contributed by atoms with Gasteiger partial charge in [-0.25, -0.2) is 0 Å². The first-order valence-corrected chi connectivity index (χ1v) is 3.45. The molecule has 0 aromatic carbocycles. The van der Waals surface area contributed by atoms with Crippen LogP contribution >= 0.6 is 27.5 Å². The van der Waals surface area contributed by atoms with E-state index in [1.54, 1.807) is 0 Å². The fourth-order valence-electron chi connectivity index (χ4n) is 0.191. The van der Waals surface area contributed by atoms with E-state index in [1.165, 1.54) is 7.11 Å². The summed E-state index contributed by atoms with van der Waals surface area (Å²) in [5.74, 6) is -0.0906. The van der Waals surface area contributed by atoms with Gasteiger partial charge >= 0.3 is 5.97 Å². The highest BCUT2D eigenvalue weighted by Gasteiger charge is 2.11. The van der Waals surface area contributed by atoms with Gasteiger partial charge in [0, 0.05) is 5.88 Å². The number of carbonyl (C=O) groups excluding carboxylic acids is 1. The van der Waals surface area contributed by atoms with E-state index in [0.717, 1.165) is 0 Å². The van der Waals surface area contributed by atoms with Gasteiger partial charge in [0.2, 0.25) is 0 Å². The van der Waals surface area contributed by atoms with E-state index in [1.807, 2.05) is 0 Å². The van der Waals surface area contributed by atoms with E-state index in [2.05, 4.69) is 20.7 Å². The average molecular weight is 201 g/mol. The highest BCUT2D eigenvalue weighted by molar-refractivity contribution is 9.10. The molecule has 0 aromatic rings. The molecule has 1 atom stereocenters. The molecule has 0 aromatic heterocycles. The summed E-state index contributed by atoms with van der Waals surface area (Å²) in [5, 5.41) is 0. The monoisotopic (exact) mass is 200 g/mol. The first-order valence-electron chi connectivity index (χ1n) is 2.00. The first kappa shape index (κ1) is 8.24. The summed E-state index contributed by atoms with van der Waals surface area (Å²) in [6.45, 7) is 0. The topological polar surface area (TPSA) is 26.3 Å². The predicted molar refractivity (Wildman–Crippen MR) is 35.5 cm³/mol. The Kier molecular flexibility index (Phi) is 4.28. The predicted octanol–water partition coefficient (Wildman–Crippen LogP) is 1.16. The van der Waals surface area contributed by atoms with Crippen LogP contribution in [0.4, 0.5) is 0 Å². The van der Waals surface area contributed by atoms with Gasteiger partial charge in [-0.05, 0) is 0 Å². The quantitative estimate of drug-likeness (QED) is 0.495. The maximum absolute atomic E-state index is 10.4. The van der Waals surface area contributed by atoms with Gasteiger partial charge in [0.05, 0.1) is 7.11 Å². The zero-order valence-electron chi connectivity index (χ0n) is 4.36. The second-order valence-corrected chi connectivity index (χ2v) is 2.56. The van der Waals surface area contributed by atoms with Crippen LogP contribution in [0.25, 0.3) is 0 Å². The molecular weight excluding hydrogens is 195 g/mol. The molecule has 0 fully saturated rings. The molecule has 2 nitrogen and oxygen atoms in total. The van der Waals surface area contributed by atoms with Crippen LogP contribution < -0.4 is 0 Å². The standard InChI is InChI=1S/C4H6BrClO2/c1-8-4(7)3(5)2-6/h3H,2H2,1H3/t3-/m1/s1. The summed E-state index contributed by atoms with van der Waals surface area (Å²) in [7, 11) is 1.32. The van der Waals surface area contributed by atoms with Crippen molar-refractivity contribution in [3.8, 4) is 0 Å². The summed E-state index contributed by atoms with van der Waals surface area (Å²) < 4.78 is 4.33. The summed E-state index contributed by atoms with van der Waals surface area (Å²) in [5.41, 5.74) is 0. The van der Waals surface area contributed by atoms with Crippen LogP contribution in [0.3, 0.4) is 0 Å². The minimum Gasteiger partial charge on any atom is -0.468 e. The zero-order chi connectivity index (χ0) is 6.57. The van der Waals surface area contributed by atoms with E-state index >= 15 is 0 Å². The fourth-order valence-corrected chi connectivity index (χ4v) is 0.504. The lowest BCUT2D eigenvalue weighted by molar-refractivity contribution is -0.139. The molecule has 0 aliphatic carbocycles. The van der Waals surface area contributed by atoms with Gasteiger partial charge in [-0.1, -0.05) is 15.9 Å². The normalized spacial score (nSPS) is 12.9. The molecule has 0 saturated heterocycles. The van der Waals surface area contributed by atoms with Crippen molar-refractivity contribution in [2.75, 3.05) is 13.0 Å². The fraction of sp³-hybridized carbons (Fsp3) is 0.750. The molecule has 0 aliphatic heterocycles. The number of esters is 1. The molecule has 0 spiro atoms. The molecule has 0 heterocycles. The average Bonchev–Trinajstić information content (AvgIpc) is 1.84. The van der Waals surface area contributed by atoms with Gasteiger partial charge in [0.15, 0.2) is 0 Å². The van der Waals surface area contributed by atoms with Gasteiger partial charge in [0.25, 0.3) is 0 Å². The van der Waals surface area contributed by atoms with Crippen molar-refractivity contribution in [2.24, 2.45) is 0 Å². The van der Waals surface area contributed by atoms with Crippen LogP contribution in [-0.4, -0.2) is 23.8 Å². The van der Waals surface area contributed by atoms with Gasteiger partial charge < -0.3 is 4.74 Å². The molecular formula is C4H6BrClO2. The van der Waals surface area contributed by atoms with Crippen molar-refractivity contribution >= 4 is 33.5 Å². The van der Waals surface area contributed by atoms with Crippen LogP contribution in [0.1, 0.15) is 0 Å². The van der Waals surface area contributed by atoms with Crippen molar-refractivity contribution in [3.63, 3.8) is 0 Å². The van der Waals surface area contributed by atoms with E-state index in [9.17, 15) is 4.79 Å². The third-order valence-corrected chi connectivity index (χ3v) is 1.97. The second kappa shape index (κ2) is 4.15. The van der Waals surface area contributed by atoms with Crippen molar-refractivity contribution in [3.05, 3.63) is 0 Å². The number of hydrogen-bond donors (Lipinski definition) is 0. The van der Waals surface area contributed by atoms with Crippen molar-refractivity contribution < 1.29 is 9.53 Å². The minimum atomic E-state index is -0.367. The molecule has 8 heavy (non-hydrogen) atoms. The third-order valence-electron chi connectivity index (χ3n) is 0.592. The summed E-state index contributed by atoms with van der Waals surface area (Å²) in [4.78, 5) is 10.0. The number of rotatable bonds is 2. The summed E-state index contributed by atoms with van der Waals surface area (Å²) in [6.07, 6.45) is 0. The highest BCUT2D eigenvalue weighted by Crippen LogP contribution is 2.02. The van der Waals surface area contributed by atoms with Gasteiger partial charge in [-0.3, -0.25) is 4.79 Å². The molecule has 0 N–H and O–H groups in total. The Morgan fingerprint density at radius 3 is 2.62 bits per heavy atom. The smallest absolute Gasteiger partial charge is 0.320 e. The second-order valence-electron chi connectivity index (χ2n) is 1.14. The minimum absolute atomic E-state index is 0.243. The molecule has 0 unspecified atom stereocenters. The van der Waals surface area contributed by atoms with Crippen LogP contribution in [0.2, 0.25) is 0 Å². The summed E-state index contributed by atoms with van der Waals surface area (Å²) in [6, 6.07) is 0. The lowest BCUT2D eigenvalue weighted by Crippen LogP contribution is -2.16. The molecule has 0 radical (unpaired) electrons. The Morgan fingerprint density at radius 1 is 2.00 bits per heavy atom. The Morgan fingerprint density at radius 2 is 2.50 bits per heavy atom. The summed E-state index contributed by atoms with van der Waals surface area (Å²) >= 11 is 8.27. The van der Waals surface area contributed by atoms with E-state index < -0.39 is 0 Å². The number of hydrogen-bond acceptors (Lipinski definition) is 2. The van der Waals surface area contributed by atoms with Crippen LogP contribution in [0, 0.1) is 0 Å². The Hall–Kier alpha value is 0.240. The van der Waals surface area contributed by atoms with E-state index in [-0.39, 0.29) is 16.7 Å². The highest BCUT2D eigenvalue weighted by atomic mass is 79.9. The molecule has 0 amide bonds. The Labute approximate surface area is 61.3 Å². The number of halogens is 2. The molecule has 0 saturated carbocycles. The van der Waals surface area contributed by atoms with E-state index in [0.29, 0.717) is 0 Å². The van der Waals surface area contributed by atoms with Gasteiger partial charge in [-0.15, -0.1) is 11.6 Å². The number of alkyl halides is 2. The maximum Gasteiger partial charge on any atom is 0.320 e. The zero-order valence-corrected chi connectivity index (χ0v) is 6.70. The van der Waals surface area contributed by atoms with Crippen molar-refractivity contribution in [1.82, 2.24) is 0 Å². The molecule has 4 heteroatoms. The molecule has 0 rings (SSSR count). The Bertz CT molecular complexity index is 86.1. The lowest BCUT2D eigenvalue weighted by Gasteiger charge is -1.99. The molecule has 0 aliphatic rings.